The van der Waals surface area contributed by atoms with E-state index in [0.29, 0.717) is 16.0 Å². The molecule has 0 aliphatic carbocycles. The lowest BCUT2D eigenvalue weighted by Crippen LogP contribution is -2.19. The predicted molar refractivity (Wildman–Crippen MR) is 94.1 cm³/mol. The Morgan fingerprint density at radius 2 is 2.00 bits per heavy atom. The summed E-state index contributed by atoms with van der Waals surface area (Å²) in [7, 11) is 0. The Morgan fingerprint density at radius 3 is 2.57 bits per heavy atom. The van der Waals surface area contributed by atoms with E-state index < -0.39 is 11.1 Å². The second-order valence-corrected chi connectivity index (χ2v) is 7.69. The predicted octanol–water partition coefficient (Wildman–Crippen LogP) is 4.62. The molecular weight excluding hydrogens is 385 g/mol. The van der Waals surface area contributed by atoms with Gasteiger partial charge in [0.05, 0.1) is 12.3 Å². The summed E-state index contributed by atoms with van der Waals surface area (Å²) < 4.78 is 19.6. The van der Waals surface area contributed by atoms with Crippen LogP contribution in [0.2, 0.25) is 0 Å². The van der Waals surface area contributed by atoms with Crippen LogP contribution < -0.4 is 5.32 Å². The number of carbonyl (C=O) groups excluding carboxylic acids is 2. The monoisotopic (exact) mass is 405 g/mol. The van der Waals surface area contributed by atoms with Gasteiger partial charge in [0.15, 0.2) is 0 Å². The van der Waals surface area contributed by atoms with Gasteiger partial charge in [-0.05, 0) is 40.9 Å². The minimum atomic E-state index is -0.530. The Bertz CT molecular complexity index is 581. The fourth-order valence-corrected chi connectivity index (χ4v) is 3.06. The summed E-state index contributed by atoms with van der Waals surface area (Å²) in [4.78, 5) is 24.0. The second-order valence-electron chi connectivity index (χ2n) is 5.45. The first-order valence-electron chi connectivity index (χ1n) is 7.36. The van der Waals surface area contributed by atoms with Crippen molar-refractivity contribution in [2.75, 3.05) is 11.9 Å². The van der Waals surface area contributed by atoms with Gasteiger partial charge < -0.3 is 10.1 Å². The van der Waals surface area contributed by atoms with Gasteiger partial charge in [0.2, 0.25) is 5.91 Å². The molecule has 0 spiro atoms. The fraction of sp³-hybridized carbons (Fsp3) is 0.500. The van der Waals surface area contributed by atoms with Crippen molar-refractivity contribution in [2.45, 2.75) is 44.3 Å². The standard InChI is InChI=1S/C16H21BrFNO3S/c1-5-15(20)19-13-7-14(11(17)6-12(13)18)23-10(4)16(21)22-8-9(2)3/h6-7,9-10H,5,8H2,1-4H3,(H,19,20). The number of amides is 1. The third kappa shape index (κ3) is 6.51. The fourth-order valence-electron chi connectivity index (χ4n) is 1.56. The number of esters is 1. The molecule has 1 aromatic carbocycles. The smallest absolute Gasteiger partial charge is 0.319 e. The molecule has 0 heterocycles. The first-order chi connectivity index (χ1) is 10.7. The molecule has 0 aliphatic rings. The third-order valence-corrected chi connectivity index (χ3v) is 4.87. The lowest BCUT2D eigenvalue weighted by Gasteiger charge is -2.15. The van der Waals surface area contributed by atoms with Crippen molar-refractivity contribution in [1.29, 1.82) is 0 Å². The number of nitrogens with one attached hydrogen (secondary N) is 1. The van der Waals surface area contributed by atoms with Gasteiger partial charge in [0.1, 0.15) is 11.1 Å². The maximum absolute atomic E-state index is 13.9. The van der Waals surface area contributed by atoms with Gasteiger partial charge in [0, 0.05) is 15.8 Å². The number of anilines is 1. The van der Waals surface area contributed by atoms with Gasteiger partial charge in [-0.15, -0.1) is 11.8 Å². The van der Waals surface area contributed by atoms with Crippen LogP contribution in [-0.4, -0.2) is 23.7 Å². The summed E-state index contributed by atoms with van der Waals surface area (Å²) in [5.41, 5.74) is 0.102. The highest BCUT2D eigenvalue weighted by Crippen LogP contribution is 2.35. The highest BCUT2D eigenvalue weighted by atomic mass is 79.9. The number of thioether (sulfide) groups is 1. The van der Waals surface area contributed by atoms with Crippen LogP contribution in [0, 0.1) is 11.7 Å². The van der Waals surface area contributed by atoms with Crippen molar-refractivity contribution in [1.82, 2.24) is 0 Å². The zero-order valence-corrected chi connectivity index (χ0v) is 16.0. The van der Waals surface area contributed by atoms with Crippen molar-refractivity contribution in [3.8, 4) is 0 Å². The van der Waals surface area contributed by atoms with Gasteiger partial charge in [-0.2, -0.15) is 0 Å². The molecule has 1 aromatic rings. The quantitative estimate of drug-likeness (QED) is 0.531. The Kier molecular flexibility index (Phi) is 8.05. The van der Waals surface area contributed by atoms with Gasteiger partial charge in [0.25, 0.3) is 0 Å². The maximum atomic E-state index is 13.9. The van der Waals surface area contributed by atoms with Crippen LogP contribution in [0.15, 0.2) is 21.5 Å². The molecule has 0 aromatic heterocycles. The minimum Gasteiger partial charge on any atom is -0.465 e. The molecule has 23 heavy (non-hydrogen) atoms. The molecule has 0 bridgehead atoms. The van der Waals surface area contributed by atoms with Crippen molar-refractivity contribution >= 4 is 45.3 Å². The maximum Gasteiger partial charge on any atom is 0.319 e. The van der Waals surface area contributed by atoms with E-state index >= 15 is 0 Å². The van der Waals surface area contributed by atoms with Crippen molar-refractivity contribution in [2.24, 2.45) is 5.92 Å². The van der Waals surface area contributed by atoms with Crippen LogP contribution >= 0.6 is 27.7 Å². The molecule has 0 fully saturated rings. The molecule has 0 radical (unpaired) electrons. The van der Waals surface area contributed by atoms with Gasteiger partial charge in [-0.1, -0.05) is 20.8 Å². The zero-order chi connectivity index (χ0) is 17.6. The number of carbonyl (C=O) groups is 2. The molecule has 1 amide bonds. The van der Waals surface area contributed by atoms with E-state index in [4.69, 9.17) is 4.74 Å². The summed E-state index contributed by atoms with van der Waals surface area (Å²) in [5.74, 6) is -0.853. The largest absolute Gasteiger partial charge is 0.465 e. The van der Waals surface area contributed by atoms with E-state index in [1.54, 1.807) is 13.8 Å². The number of halogens is 2. The number of hydrogen-bond acceptors (Lipinski definition) is 4. The average molecular weight is 406 g/mol. The normalized spacial score (nSPS) is 12.1. The van der Waals surface area contributed by atoms with Crippen molar-refractivity contribution < 1.29 is 18.7 Å². The van der Waals surface area contributed by atoms with Gasteiger partial charge in [-0.25, -0.2) is 4.39 Å². The molecule has 7 heteroatoms. The number of rotatable bonds is 7. The highest BCUT2D eigenvalue weighted by molar-refractivity contribution is 9.10. The van der Waals surface area contributed by atoms with E-state index in [9.17, 15) is 14.0 Å². The Labute approximate surface area is 148 Å². The lowest BCUT2D eigenvalue weighted by atomic mass is 10.2. The van der Waals surface area contributed by atoms with Crippen LogP contribution in [0.4, 0.5) is 10.1 Å². The van der Waals surface area contributed by atoms with Crippen LogP contribution in [0.5, 0.6) is 0 Å². The summed E-state index contributed by atoms with van der Waals surface area (Å²) in [5, 5.41) is 2.07. The first kappa shape index (κ1) is 20.0. The van der Waals surface area contributed by atoms with E-state index in [1.807, 2.05) is 13.8 Å². The van der Waals surface area contributed by atoms with E-state index in [0.717, 1.165) is 0 Å². The minimum absolute atomic E-state index is 0.102. The third-order valence-electron chi connectivity index (χ3n) is 2.81. The molecule has 1 unspecified atom stereocenters. The van der Waals surface area contributed by atoms with Crippen molar-refractivity contribution in [3.63, 3.8) is 0 Å². The summed E-state index contributed by atoms with van der Waals surface area (Å²) in [6.45, 7) is 7.71. The molecule has 1 rings (SSSR count). The Hall–Kier alpha value is -1.08. The summed E-state index contributed by atoms with van der Waals surface area (Å²) in [6, 6.07) is 2.80. The highest BCUT2D eigenvalue weighted by Gasteiger charge is 2.19. The average Bonchev–Trinajstić information content (AvgIpc) is 2.49. The Morgan fingerprint density at radius 1 is 1.35 bits per heavy atom. The molecular formula is C16H21BrFNO3S. The number of hydrogen-bond donors (Lipinski definition) is 1. The molecule has 1 atom stereocenters. The molecule has 128 valence electrons. The number of benzene rings is 1. The summed E-state index contributed by atoms with van der Waals surface area (Å²) >= 11 is 4.53. The molecule has 0 aliphatic heterocycles. The van der Waals surface area contributed by atoms with Gasteiger partial charge >= 0.3 is 5.97 Å². The van der Waals surface area contributed by atoms with Crippen LogP contribution in [0.1, 0.15) is 34.1 Å². The SMILES string of the molecule is CCC(=O)Nc1cc(SC(C)C(=O)OCC(C)C)c(Br)cc1F. The summed E-state index contributed by atoms with van der Waals surface area (Å²) in [6.07, 6.45) is 0.260. The Balaban J connectivity index is 2.84. The van der Waals surface area contributed by atoms with Crippen LogP contribution in [0.25, 0.3) is 0 Å². The molecule has 4 nitrogen and oxygen atoms in total. The van der Waals surface area contributed by atoms with Crippen molar-refractivity contribution in [3.05, 3.63) is 22.4 Å². The van der Waals surface area contributed by atoms with E-state index in [2.05, 4.69) is 21.2 Å². The second kappa shape index (κ2) is 9.27. The molecule has 1 N–H and O–H groups in total. The topological polar surface area (TPSA) is 55.4 Å². The first-order valence-corrected chi connectivity index (χ1v) is 9.04. The number of ether oxygens (including phenoxy) is 1. The van der Waals surface area contributed by atoms with Gasteiger partial charge in [-0.3, -0.25) is 9.59 Å². The van der Waals surface area contributed by atoms with Crippen LogP contribution in [-0.2, 0) is 14.3 Å². The molecule has 0 saturated carbocycles. The zero-order valence-electron chi connectivity index (χ0n) is 13.6. The van der Waals surface area contributed by atoms with E-state index in [1.165, 1.54) is 23.9 Å². The van der Waals surface area contributed by atoms with E-state index in [-0.39, 0.29) is 29.9 Å². The van der Waals surface area contributed by atoms with Crippen LogP contribution in [0.3, 0.4) is 0 Å². The lowest BCUT2D eigenvalue weighted by molar-refractivity contribution is -0.143. The molecule has 0 saturated heterocycles.